The molecule has 0 amide bonds. The second kappa shape index (κ2) is 8.16. The molecule has 0 radical (unpaired) electrons. The summed E-state index contributed by atoms with van der Waals surface area (Å²) in [5, 5.41) is 8.14. The Labute approximate surface area is 166 Å². The van der Waals surface area contributed by atoms with Crippen LogP contribution in [0.25, 0.3) is 0 Å². The highest BCUT2D eigenvalue weighted by Gasteiger charge is 2.18. The number of aromatic nitrogens is 2. The van der Waals surface area contributed by atoms with Crippen molar-refractivity contribution in [3.8, 4) is 0 Å². The molecule has 0 bridgehead atoms. The van der Waals surface area contributed by atoms with Gasteiger partial charge >= 0.3 is 0 Å². The summed E-state index contributed by atoms with van der Waals surface area (Å²) in [7, 11) is 0. The number of nitrogens with zero attached hydrogens (tertiary/aromatic N) is 4. The molecule has 1 aliphatic rings. The maximum Gasteiger partial charge on any atom is 0.209 e. The van der Waals surface area contributed by atoms with Crippen LogP contribution in [0.4, 0.5) is 20.9 Å². The first kappa shape index (κ1) is 18.1. The zero-order valence-corrected chi connectivity index (χ0v) is 16.3. The lowest BCUT2D eigenvalue weighted by Crippen LogP contribution is -2.46. The molecule has 0 spiro atoms. The third kappa shape index (κ3) is 4.35. The molecule has 27 heavy (non-hydrogen) atoms. The first-order valence-electron chi connectivity index (χ1n) is 8.81. The molecule has 2 aromatic carbocycles. The molecule has 1 saturated heterocycles. The van der Waals surface area contributed by atoms with E-state index in [-0.39, 0.29) is 5.82 Å². The summed E-state index contributed by atoms with van der Waals surface area (Å²) in [6.45, 7) is 4.50. The average Bonchev–Trinajstić information content (AvgIpc) is 3.04. The van der Waals surface area contributed by atoms with Crippen LogP contribution in [0.3, 0.4) is 0 Å². The van der Waals surface area contributed by atoms with Gasteiger partial charge in [0.2, 0.25) is 5.13 Å². The molecule has 1 aliphatic heterocycles. The zero-order valence-electron chi connectivity index (χ0n) is 14.7. The second-order valence-corrected chi connectivity index (χ2v) is 7.98. The Morgan fingerprint density at radius 1 is 1.00 bits per heavy atom. The van der Waals surface area contributed by atoms with Gasteiger partial charge in [-0.05, 0) is 36.5 Å². The number of piperazine rings is 1. The summed E-state index contributed by atoms with van der Waals surface area (Å²) in [6.07, 6.45) is 0. The maximum atomic E-state index is 13.8. The van der Waals surface area contributed by atoms with E-state index in [2.05, 4.69) is 44.5 Å². The van der Waals surface area contributed by atoms with Gasteiger partial charge < -0.3 is 10.2 Å². The van der Waals surface area contributed by atoms with Gasteiger partial charge in [0.25, 0.3) is 0 Å². The molecule has 0 aliphatic carbocycles. The number of hydrogen-bond donors (Lipinski definition) is 1. The fraction of sp³-hybridized carbons (Fsp3) is 0.263. The largest absolute Gasteiger partial charge is 0.369 e. The Hall–Kier alpha value is -2.29. The molecule has 2 heterocycles. The van der Waals surface area contributed by atoms with Crippen LogP contribution in [0.5, 0.6) is 0 Å². The summed E-state index contributed by atoms with van der Waals surface area (Å²) in [5.74, 6) is -0.304. The van der Waals surface area contributed by atoms with Gasteiger partial charge in [0.15, 0.2) is 3.95 Å². The number of benzene rings is 2. The van der Waals surface area contributed by atoms with Gasteiger partial charge in [0.1, 0.15) is 5.82 Å². The predicted octanol–water partition coefficient (Wildman–Crippen LogP) is 4.34. The lowest BCUT2D eigenvalue weighted by Gasteiger charge is -2.35. The quantitative estimate of drug-likeness (QED) is 0.644. The van der Waals surface area contributed by atoms with Crippen LogP contribution in [0.1, 0.15) is 0 Å². The summed E-state index contributed by atoms with van der Waals surface area (Å²) < 4.78 is 16.3. The van der Waals surface area contributed by atoms with E-state index in [1.165, 1.54) is 23.1 Å². The number of hydrogen-bond acceptors (Lipinski definition) is 6. The van der Waals surface area contributed by atoms with Crippen molar-refractivity contribution in [1.29, 1.82) is 0 Å². The second-order valence-electron chi connectivity index (χ2n) is 6.36. The molecule has 1 N–H and O–H groups in total. The fourth-order valence-corrected chi connectivity index (χ4v) is 4.10. The molecule has 8 heteroatoms. The summed E-state index contributed by atoms with van der Waals surface area (Å²) in [4.78, 5) is 4.73. The molecule has 1 fully saturated rings. The molecule has 4 rings (SSSR count). The summed E-state index contributed by atoms with van der Waals surface area (Å²) in [6, 6.07) is 17.0. The lowest BCUT2D eigenvalue weighted by atomic mass is 10.2. The normalized spacial score (nSPS) is 15.1. The average molecular weight is 402 g/mol. The van der Waals surface area contributed by atoms with Gasteiger partial charge in [-0.1, -0.05) is 41.7 Å². The van der Waals surface area contributed by atoms with E-state index in [1.807, 2.05) is 6.07 Å². The highest BCUT2D eigenvalue weighted by Crippen LogP contribution is 2.23. The molecule has 3 aromatic rings. The minimum atomic E-state index is -0.304. The third-order valence-electron chi connectivity index (χ3n) is 4.55. The number of para-hydroxylation sites is 2. The van der Waals surface area contributed by atoms with Crippen molar-refractivity contribution in [3.63, 3.8) is 0 Å². The Morgan fingerprint density at radius 2 is 1.70 bits per heavy atom. The topological polar surface area (TPSA) is 36.3 Å². The number of halogens is 1. The lowest BCUT2D eigenvalue weighted by molar-refractivity contribution is 0.195. The molecular weight excluding hydrogens is 381 g/mol. The first-order chi connectivity index (χ1) is 13.2. The van der Waals surface area contributed by atoms with Crippen LogP contribution in [-0.2, 0) is 6.67 Å². The Balaban J connectivity index is 1.37. The van der Waals surface area contributed by atoms with Crippen molar-refractivity contribution in [2.24, 2.45) is 0 Å². The molecule has 0 atom stereocenters. The van der Waals surface area contributed by atoms with Gasteiger partial charge in [0, 0.05) is 31.9 Å². The van der Waals surface area contributed by atoms with Crippen LogP contribution < -0.4 is 10.2 Å². The molecule has 1 aromatic heterocycles. The van der Waals surface area contributed by atoms with Crippen molar-refractivity contribution < 1.29 is 4.39 Å². The minimum absolute atomic E-state index is 0.304. The van der Waals surface area contributed by atoms with E-state index in [1.54, 1.807) is 22.9 Å². The summed E-state index contributed by atoms with van der Waals surface area (Å²) in [5.41, 5.74) is 1.67. The van der Waals surface area contributed by atoms with Crippen LogP contribution >= 0.6 is 23.6 Å². The van der Waals surface area contributed by atoms with Gasteiger partial charge in [-0.2, -0.15) is 0 Å². The van der Waals surface area contributed by atoms with E-state index in [0.29, 0.717) is 21.4 Å². The molecule has 0 unspecified atom stereocenters. The molecule has 140 valence electrons. The first-order valence-corrected chi connectivity index (χ1v) is 10.0. The van der Waals surface area contributed by atoms with Crippen molar-refractivity contribution in [2.45, 2.75) is 6.67 Å². The number of rotatable bonds is 5. The van der Waals surface area contributed by atoms with E-state index in [0.717, 1.165) is 26.2 Å². The van der Waals surface area contributed by atoms with Crippen LogP contribution in [0.2, 0.25) is 0 Å². The number of nitrogens with one attached hydrogen (secondary N) is 1. The molecular formula is C19H20FN5S2. The van der Waals surface area contributed by atoms with Gasteiger partial charge in [-0.25, -0.2) is 9.07 Å². The smallest absolute Gasteiger partial charge is 0.209 e. The Bertz CT molecular complexity index is 948. The van der Waals surface area contributed by atoms with E-state index >= 15 is 0 Å². The molecule has 5 nitrogen and oxygen atoms in total. The van der Waals surface area contributed by atoms with Gasteiger partial charge in [-0.15, -0.1) is 5.10 Å². The van der Waals surface area contributed by atoms with Crippen molar-refractivity contribution in [3.05, 3.63) is 64.4 Å². The van der Waals surface area contributed by atoms with E-state index in [4.69, 9.17) is 12.2 Å². The fourth-order valence-electron chi connectivity index (χ4n) is 3.10. The Kier molecular flexibility index (Phi) is 5.47. The highest BCUT2D eigenvalue weighted by atomic mass is 32.1. The monoisotopic (exact) mass is 401 g/mol. The summed E-state index contributed by atoms with van der Waals surface area (Å²) >= 11 is 6.79. The van der Waals surface area contributed by atoms with E-state index < -0.39 is 0 Å². The van der Waals surface area contributed by atoms with Crippen molar-refractivity contribution >= 4 is 40.1 Å². The highest BCUT2D eigenvalue weighted by molar-refractivity contribution is 7.73. The van der Waals surface area contributed by atoms with Crippen molar-refractivity contribution in [2.75, 3.05) is 36.4 Å². The van der Waals surface area contributed by atoms with Crippen molar-refractivity contribution in [1.82, 2.24) is 14.7 Å². The van der Waals surface area contributed by atoms with Gasteiger partial charge in [-0.3, -0.25) is 4.90 Å². The molecule has 0 saturated carbocycles. The predicted molar refractivity (Wildman–Crippen MR) is 111 cm³/mol. The van der Waals surface area contributed by atoms with E-state index in [9.17, 15) is 4.39 Å². The maximum absolute atomic E-state index is 13.8. The van der Waals surface area contributed by atoms with Crippen LogP contribution in [0, 0.1) is 9.77 Å². The SMILES string of the molecule is Fc1ccccc1Nc1nn(CN2CCN(c3ccccc3)CC2)c(=S)s1. The third-order valence-corrected chi connectivity index (χ3v) is 5.77. The van der Waals surface area contributed by atoms with Crippen LogP contribution in [-0.4, -0.2) is 40.9 Å². The Morgan fingerprint density at radius 3 is 2.44 bits per heavy atom. The standard InChI is InChI=1S/C19H20FN5S2/c20-16-8-4-5-9-17(16)21-18-22-25(19(26)27-18)14-23-10-12-24(13-11-23)15-6-2-1-3-7-15/h1-9H,10-14H2,(H,21,22). The number of anilines is 3. The minimum Gasteiger partial charge on any atom is -0.369 e. The van der Waals surface area contributed by atoms with Gasteiger partial charge in [0.05, 0.1) is 12.4 Å². The zero-order chi connectivity index (χ0) is 18.6. The van der Waals surface area contributed by atoms with Crippen LogP contribution in [0.15, 0.2) is 54.6 Å².